The first-order valence-corrected chi connectivity index (χ1v) is 12.5. The molecule has 1 aliphatic heterocycles. The fourth-order valence-corrected chi connectivity index (χ4v) is 4.28. The summed E-state index contributed by atoms with van der Waals surface area (Å²) in [6, 6.07) is 9.70. The monoisotopic (exact) mass is 521 g/mol. The van der Waals surface area contributed by atoms with Gasteiger partial charge >= 0.3 is 6.09 Å². The second-order valence-electron chi connectivity index (χ2n) is 10.4. The molecule has 3 heterocycles. The highest BCUT2D eigenvalue weighted by molar-refractivity contribution is 5.83. The molecule has 2 amide bonds. The molecule has 1 saturated heterocycles. The van der Waals surface area contributed by atoms with Crippen LogP contribution in [0.3, 0.4) is 0 Å². The van der Waals surface area contributed by atoms with Crippen molar-refractivity contribution in [2.75, 3.05) is 19.7 Å². The molecule has 3 aromatic rings. The average Bonchev–Trinajstić information content (AvgIpc) is 3.07. The van der Waals surface area contributed by atoms with E-state index < -0.39 is 35.6 Å². The van der Waals surface area contributed by atoms with Crippen molar-refractivity contribution in [1.82, 2.24) is 19.8 Å². The lowest BCUT2D eigenvalue weighted by molar-refractivity contribution is -0.133. The standard InChI is InChI=1S/C28H32FN5O4/c1-28(2,3)38-27(36)34-9-5-11-37-25(17-34)26(35)32-21(15-30)12-19-7-6-18(13-22(19)29)20-14-24-23(31-16-20)8-10-33(24)4/h6-8,10,13-14,16,21,25H,5,9,11-12,17H2,1-4H3,(H,32,35)/t21-,25-/m0/s1. The maximum atomic E-state index is 15.1. The number of aromatic nitrogens is 2. The number of nitriles is 1. The molecule has 38 heavy (non-hydrogen) atoms. The summed E-state index contributed by atoms with van der Waals surface area (Å²) >= 11 is 0. The molecule has 1 aliphatic rings. The van der Waals surface area contributed by atoms with E-state index in [1.54, 1.807) is 39.1 Å². The minimum atomic E-state index is -0.980. The van der Waals surface area contributed by atoms with Gasteiger partial charge in [-0.25, -0.2) is 9.18 Å². The Bertz CT molecular complexity index is 1370. The van der Waals surface area contributed by atoms with E-state index in [1.807, 2.05) is 36.0 Å². The molecular formula is C28H32FN5O4. The maximum absolute atomic E-state index is 15.1. The number of pyridine rings is 1. The third kappa shape index (κ3) is 6.47. The first kappa shape index (κ1) is 27.1. The van der Waals surface area contributed by atoms with E-state index in [4.69, 9.17) is 9.47 Å². The van der Waals surface area contributed by atoms with Crippen molar-refractivity contribution in [2.45, 2.75) is 51.4 Å². The smallest absolute Gasteiger partial charge is 0.410 e. The number of halogens is 1. The quantitative estimate of drug-likeness (QED) is 0.544. The second-order valence-corrected chi connectivity index (χ2v) is 10.4. The Labute approximate surface area is 221 Å². The van der Waals surface area contributed by atoms with Crippen LogP contribution in [-0.2, 0) is 27.7 Å². The van der Waals surface area contributed by atoms with Gasteiger partial charge in [-0.2, -0.15) is 5.26 Å². The second kappa shape index (κ2) is 11.2. The number of carbonyl (C=O) groups excluding carboxylic acids is 2. The normalized spacial score (nSPS) is 16.9. The van der Waals surface area contributed by atoms with Gasteiger partial charge in [-0.1, -0.05) is 12.1 Å². The summed E-state index contributed by atoms with van der Waals surface area (Å²) in [7, 11) is 1.92. The fourth-order valence-electron chi connectivity index (χ4n) is 4.28. The Balaban J connectivity index is 1.42. The first-order chi connectivity index (χ1) is 18.0. The van der Waals surface area contributed by atoms with Gasteiger partial charge in [0.05, 0.1) is 23.6 Å². The average molecular weight is 522 g/mol. The Morgan fingerprint density at radius 3 is 2.79 bits per heavy atom. The van der Waals surface area contributed by atoms with Crippen LogP contribution in [0.25, 0.3) is 22.2 Å². The van der Waals surface area contributed by atoms with Crippen molar-refractivity contribution in [3.05, 3.63) is 54.1 Å². The Kier molecular flexibility index (Phi) is 7.97. The molecule has 10 heteroatoms. The minimum Gasteiger partial charge on any atom is -0.444 e. The molecule has 0 bridgehead atoms. The van der Waals surface area contributed by atoms with Gasteiger partial charge in [0.1, 0.15) is 17.5 Å². The van der Waals surface area contributed by atoms with E-state index in [9.17, 15) is 14.9 Å². The van der Waals surface area contributed by atoms with Gasteiger partial charge in [0.2, 0.25) is 0 Å². The van der Waals surface area contributed by atoms with Gasteiger partial charge in [-0.05, 0) is 56.5 Å². The van der Waals surface area contributed by atoms with Crippen molar-refractivity contribution in [2.24, 2.45) is 7.05 Å². The number of aryl methyl sites for hydroxylation is 1. The van der Waals surface area contributed by atoms with Crippen LogP contribution in [0.1, 0.15) is 32.8 Å². The number of ether oxygens (including phenoxy) is 2. The molecule has 0 radical (unpaired) electrons. The van der Waals surface area contributed by atoms with E-state index in [2.05, 4.69) is 10.3 Å². The number of hydrogen-bond donors (Lipinski definition) is 1. The summed E-state index contributed by atoms with van der Waals surface area (Å²) in [5.41, 5.74) is 2.85. The lowest BCUT2D eigenvalue weighted by atomic mass is 10.0. The number of fused-ring (bicyclic) bond motifs is 1. The summed E-state index contributed by atoms with van der Waals surface area (Å²) < 4.78 is 28.1. The predicted molar refractivity (Wildman–Crippen MR) is 140 cm³/mol. The Morgan fingerprint density at radius 2 is 2.08 bits per heavy atom. The molecule has 0 aliphatic carbocycles. The zero-order valence-corrected chi connectivity index (χ0v) is 22.0. The lowest BCUT2D eigenvalue weighted by Crippen LogP contribution is -2.48. The molecule has 0 unspecified atom stereocenters. The van der Waals surface area contributed by atoms with Crippen molar-refractivity contribution in [3.63, 3.8) is 0 Å². The summed E-state index contributed by atoms with van der Waals surface area (Å²) in [5, 5.41) is 12.3. The third-order valence-electron chi connectivity index (χ3n) is 6.24. The van der Waals surface area contributed by atoms with E-state index in [0.717, 1.165) is 16.6 Å². The number of nitrogens with one attached hydrogen (secondary N) is 1. The number of amides is 2. The highest BCUT2D eigenvalue weighted by Gasteiger charge is 2.31. The van der Waals surface area contributed by atoms with E-state index in [-0.39, 0.29) is 19.6 Å². The fraction of sp³-hybridized carbons (Fsp3) is 0.429. The maximum Gasteiger partial charge on any atom is 0.410 e. The zero-order chi connectivity index (χ0) is 27.4. The van der Waals surface area contributed by atoms with Gasteiger partial charge in [0, 0.05) is 44.6 Å². The van der Waals surface area contributed by atoms with Crippen molar-refractivity contribution >= 4 is 23.0 Å². The van der Waals surface area contributed by atoms with Crippen LogP contribution in [0, 0.1) is 17.1 Å². The van der Waals surface area contributed by atoms with E-state index in [1.165, 1.54) is 11.0 Å². The lowest BCUT2D eigenvalue weighted by Gasteiger charge is -2.27. The zero-order valence-electron chi connectivity index (χ0n) is 22.0. The number of rotatable bonds is 5. The van der Waals surface area contributed by atoms with Crippen molar-refractivity contribution < 1.29 is 23.5 Å². The number of nitrogens with zero attached hydrogens (tertiary/aromatic N) is 4. The van der Waals surface area contributed by atoms with Gasteiger partial charge in [0.25, 0.3) is 5.91 Å². The molecule has 0 saturated carbocycles. The third-order valence-corrected chi connectivity index (χ3v) is 6.24. The Hall–Kier alpha value is -3.97. The molecule has 2 atom stereocenters. The summed E-state index contributed by atoms with van der Waals surface area (Å²) in [6.45, 7) is 5.99. The topological polar surface area (TPSA) is 109 Å². The molecule has 1 N–H and O–H groups in total. The molecule has 200 valence electrons. The summed E-state index contributed by atoms with van der Waals surface area (Å²) in [6.07, 6.45) is 2.65. The minimum absolute atomic E-state index is 0.00146. The van der Waals surface area contributed by atoms with Crippen LogP contribution in [0.4, 0.5) is 9.18 Å². The molecule has 1 fully saturated rings. The van der Waals surface area contributed by atoms with Gasteiger partial charge in [0.15, 0.2) is 6.10 Å². The SMILES string of the molecule is Cn1ccc2ncc(-c3ccc(C[C@@H](C#N)NC(=O)[C@@H]4CN(C(=O)OC(C)(C)C)CCCO4)c(F)c3)cc21. The van der Waals surface area contributed by atoms with Crippen molar-refractivity contribution in [1.29, 1.82) is 5.26 Å². The highest BCUT2D eigenvalue weighted by Crippen LogP contribution is 2.25. The van der Waals surface area contributed by atoms with Gasteiger partial charge in [-0.3, -0.25) is 9.78 Å². The van der Waals surface area contributed by atoms with Crippen LogP contribution in [0.5, 0.6) is 0 Å². The van der Waals surface area contributed by atoms with E-state index in [0.29, 0.717) is 24.1 Å². The molecule has 1 aromatic carbocycles. The van der Waals surface area contributed by atoms with Gasteiger partial charge in [-0.15, -0.1) is 0 Å². The van der Waals surface area contributed by atoms with Crippen LogP contribution in [0.2, 0.25) is 0 Å². The van der Waals surface area contributed by atoms with Crippen LogP contribution in [-0.4, -0.2) is 63.9 Å². The molecule has 4 rings (SSSR count). The first-order valence-electron chi connectivity index (χ1n) is 12.5. The summed E-state index contributed by atoms with van der Waals surface area (Å²) in [4.78, 5) is 31.3. The van der Waals surface area contributed by atoms with Crippen LogP contribution in [0.15, 0.2) is 42.7 Å². The highest BCUT2D eigenvalue weighted by atomic mass is 19.1. The van der Waals surface area contributed by atoms with Crippen LogP contribution < -0.4 is 5.32 Å². The molecule has 9 nitrogen and oxygen atoms in total. The molecule has 2 aromatic heterocycles. The molecular weight excluding hydrogens is 489 g/mol. The predicted octanol–water partition coefficient (Wildman–Crippen LogP) is 3.96. The number of benzene rings is 1. The molecule has 0 spiro atoms. The largest absolute Gasteiger partial charge is 0.444 e. The summed E-state index contributed by atoms with van der Waals surface area (Å²) in [5.74, 6) is -1.02. The number of carbonyl (C=O) groups is 2. The number of hydrogen-bond acceptors (Lipinski definition) is 6. The van der Waals surface area contributed by atoms with Crippen LogP contribution >= 0.6 is 0 Å². The van der Waals surface area contributed by atoms with Gasteiger partial charge < -0.3 is 24.3 Å². The Morgan fingerprint density at radius 1 is 1.29 bits per heavy atom. The van der Waals surface area contributed by atoms with E-state index >= 15 is 4.39 Å². The van der Waals surface area contributed by atoms with Crippen molar-refractivity contribution in [3.8, 4) is 17.2 Å².